The third-order valence-electron chi connectivity index (χ3n) is 3.64. The van der Waals surface area contributed by atoms with Crippen molar-refractivity contribution >= 4 is 5.82 Å². The van der Waals surface area contributed by atoms with Crippen LogP contribution in [0.4, 0.5) is 19.0 Å². The van der Waals surface area contributed by atoms with E-state index in [9.17, 15) is 13.2 Å². The number of rotatable bonds is 4. The minimum absolute atomic E-state index is 0.0173. The first-order valence-corrected chi connectivity index (χ1v) is 7.53. The van der Waals surface area contributed by atoms with Crippen LogP contribution < -0.4 is 10.5 Å². The molecule has 0 unspecified atom stereocenters. The number of nitrogens with zero attached hydrogens (tertiary/aromatic N) is 1. The summed E-state index contributed by atoms with van der Waals surface area (Å²) in [7, 11) is 0. The van der Waals surface area contributed by atoms with Crippen molar-refractivity contribution in [2.45, 2.75) is 12.8 Å². The third kappa shape index (κ3) is 4.09. The van der Waals surface area contributed by atoms with E-state index in [2.05, 4.69) is 4.98 Å². The number of halogens is 3. The molecule has 0 aliphatic rings. The summed E-state index contributed by atoms with van der Waals surface area (Å²) in [5.41, 5.74) is 5.97. The van der Waals surface area contributed by atoms with Crippen LogP contribution in [0.15, 0.2) is 66.9 Å². The highest BCUT2D eigenvalue weighted by Gasteiger charge is 2.34. The molecule has 0 saturated carbocycles. The largest absolute Gasteiger partial charge is 0.489 e. The molecule has 1 heterocycles. The zero-order chi connectivity index (χ0) is 17.9. The van der Waals surface area contributed by atoms with Gasteiger partial charge in [0.15, 0.2) is 0 Å². The Bertz CT molecular complexity index is 847. The van der Waals surface area contributed by atoms with Crippen molar-refractivity contribution in [1.29, 1.82) is 0 Å². The average molecular weight is 344 g/mol. The standard InChI is InChI=1S/C19H15F3N2O/c20-19(21,22)17-10-18(23)24-11-16(17)14-6-8-15(9-7-14)25-12-13-4-2-1-3-5-13/h1-11H,12H2,(H2,23,24). The van der Waals surface area contributed by atoms with Crippen LogP contribution in [0.25, 0.3) is 11.1 Å². The molecule has 0 aliphatic heterocycles. The highest BCUT2D eigenvalue weighted by atomic mass is 19.4. The lowest BCUT2D eigenvalue weighted by atomic mass is 10.0. The number of anilines is 1. The molecule has 0 spiro atoms. The molecule has 0 aliphatic carbocycles. The fourth-order valence-electron chi connectivity index (χ4n) is 2.41. The van der Waals surface area contributed by atoms with Crippen molar-refractivity contribution in [2.75, 3.05) is 5.73 Å². The lowest BCUT2D eigenvalue weighted by Crippen LogP contribution is -2.09. The molecule has 0 atom stereocenters. The van der Waals surface area contributed by atoms with Crippen LogP contribution in [-0.4, -0.2) is 4.98 Å². The van der Waals surface area contributed by atoms with Gasteiger partial charge < -0.3 is 10.5 Å². The quantitative estimate of drug-likeness (QED) is 0.730. The van der Waals surface area contributed by atoms with E-state index < -0.39 is 11.7 Å². The van der Waals surface area contributed by atoms with E-state index in [-0.39, 0.29) is 11.4 Å². The SMILES string of the molecule is Nc1cc(C(F)(F)F)c(-c2ccc(OCc3ccccc3)cc2)cn1. The van der Waals surface area contributed by atoms with Gasteiger partial charge in [-0.25, -0.2) is 4.98 Å². The van der Waals surface area contributed by atoms with E-state index in [0.29, 0.717) is 17.9 Å². The van der Waals surface area contributed by atoms with Crippen LogP contribution in [-0.2, 0) is 12.8 Å². The maximum Gasteiger partial charge on any atom is 0.417 e. The Morgan fingerprint density at radius 3 is 2.28 bits per heavy atom. The number of alkyl halides is 3. The van der Waals surface area contributed by atoms with Gasteiger partial charge in [0.1, 0.15) is 18.2 Å². The maximum absolute atomic E-state index is 13.2. The molecule has 0 bridgehead atoms. The number of nitrogens with two attached hydrogens (primary N) is 1. The van der Waals surface area contributed by atoms with Gasteiger partial charge >= 0.3 is 6.18 Å². The smallest absolute Gasteiger partial charge is 0.417 e. The Morgan fingerprint density at radius 1 is 0.960 bits per heavy atom. The second-order valence-corrected chi connectivity index (χ2v) is 5.45. The van der Waals surface area contributed by atoms with Crippen LogP contribution in [0, 0.1) is 0 Å². The number of pyridine rings is 1. The summed E-state index contributed by atoms with van der Waals surface area (Å²) < 4.78 is 45.2. The van der Waals surface area contributed by atoms with Crippen LogP contribution in [0.5, 0.6) is 5.75 Å². The lowest BCUT2D eigenvalue weighted by molar-refractivity contribution is -0.137. The van der Waals surface area contributed by atoms with Crippen LogP contribution >= 0.6 is 0 Å². The molecule has 3 rings (SSSR count). The van der Waals surface area contributed by atoms with Gasteiger partial charge in [-0.2, -0.15) is 13.2 Å². The van der Waals surface area contributed by atoms with Crippen molar-refractivity contribution in [1.82, 2.24) is 4.98 Å². The molecule has 3 nitrogen and oxygen atoms in total. The number of aromatic nitrogens is 1. The average Bonchev–Trinajstić information content (AvgIpc) is 2.61. The first-order chi connectivity index (χ1) is 11.9. The van der Waals surface area contributed by atoms with E-state index in [4.69, 9.17) is 10.5 Å². The van der Waals surface area contributed by atoms with Gasteiger partial charge in [0.2, 0.25) is 0 Å². The second-order valence-electron chi connectivity index (χ2n) is 5.45. The number of benzene rings is 2. The summed E-state index contributed by atoms with van der Waals surface area (Å²) in [4.78, 5) is 3.77. The molecule has 0 radical (unpaired) electrons. The molecule has 3 aromatic rings. The monoisotopic (exact) mass is 344 g/mol. The van der Waals surface area contributed by atoms with Crippen LogP contribution in [0.2, 0.25) is 0 Å². The first-order valence-electron chi connectivity index (χ1n) is 7.53. The minimum atomic E-state index is -4.51. The number of ether oxygens (including phenoxy) is 1. The molecule has 25 heavy (non-hydrogen) atoms. The number of hydrogen-bond donors (Lipinski definition) is 1. The van der Waals surface area contributed by atoms with Crippen molar-refractivity contribution in [3.8, 4) is 16.9 Å². The second kappa shape index (κ2) is 6.84. The third-order valence-corrected chi connectivity index (χ3v) is 3.64. The predicted molar refractivity (Wildman–Crippen MR) is 89.9 cm³/mol. The van der Waals surface area contributed by atoms with Gasteiger partial charge in [-0.15, -0.1) is 0 Å². The van der Waals surface area contributed by atoms with Crippen LogP contribution in [0.3, 0.4) is 0 Å². The molecule has 128 valence electrons. The topological polar surface area (TPSA) is 48.1 Å². The minimum Gasteiger partial charge on any atom is -0.489 e. The molecule has 2 aromatic carbocycles. The van der Waals surface area contributed by atoms with Crippen molar-refractivity contribution in [2.24, 2.45) is 0 Å². The normalized spacial score (nSPS) is 11.3. The molecule has 0 saturated heterocycles. The summed E-state index contributed by atoms with van der Waals surface area (Å²) >= 11 is 0. The molecule has 1 aromatic heterocycles. The van der Waals surface area contributed by atoms with E-state index >= 15 is 0 Å². The number of hydrogen-bond acceptors (Lipinski definition) is 3. The van der Waals surface area contributed by atoms with Gasteiger partial charge in [-0.05, 0) is 29.3 Å². The van der Waals surface area contributed by atoms with E-state index in [1.54, 1.807) is 24.3 Å². The Kier molecular flexibility index (Phi) is 4.61. The summed E-state index contributed by atoms with van der Waals surface area (Å²) in [6.07, 6.45) is -3.37. The fourth-order valence-corrected chi connectivity index (χ4v) is 2.41. The van der Waals surface area contributed by atoms with Crippen LogP contribution in [0.1, 0.15) is 11.1 Å². The van der Waals surface area contributed by atoms with Crippen molar-refractivity contribution in [3.05, 3.63) is 78.0 Å². The van der Waals surface area contributed by atoms with Crippen molar-refractivity contribution < 1.29 is 17.9 Å². The molecule has 0 fully saturated rings. The Hall–Kier alpha value is -3.02. The lowest BCUT2D eigenvalue weighted by Gasteiger charge is -2.13. The molecular weight excluding hydrogens is 329 g/mol. The fraction of sp³-hybridized carbons (Fsp3) is 0.105. The molecule has 6 heteroatoms. The zero-order valence-corrected chi connectivity index (χ0v) is 13.1. The highest BCUT2D eigenvalue weighted by Crippen LogP contribution is 2.37. The highest BCUT2D eigenvalue weighted by molar-refractivity contribution is 5.69. The zero-order valence-electron chi connectivity index (χ0n) is 13.1. The van der Waals surface area contributed by atoms with Crippen molar-refractivity contribution in [3.63, 3.8) is 0 Å². The van der Waals surface area contributed by atoms with Gasteiger partial charge in [0.05, 0.1) is 5.56 Å². The van der Waals surface area contributed by atoms with Gasteiger partial charge in [0, 0.05) is 11.8 Å². The predicted octanol–water partition coefficient (Wildman–Crippen LogP) is 4.93. The maximum atomic E-state index is 13.2. The summed E-state index contributed by atoms with van der Waals surface area (Å²) in [5, 5.41) is 0. The Labute approximate surface area is 142 Å². The van der Waals surface area contributed by atoms with Gasteiger partial charge in [-0.3, -0.25) is 0 Å². The Balaban J connectivity index is 1.81. The van der Waals surface area contributed by atoms with E-state index in [0.717, 1.165) is 17.8 Å². The summed E-state index contributed by atoms with van der Waals surface area (Å²) in [6.45, 7) is 0.386. The molecular formula is C19H15F3N2O. The number of nitrogen functional groups attached to an aromatic ring is 1. The summed E-state index contributed by atoms with van der Waals surface area (Å²) in [6, 6.07) is 16.9. The molecule has 0 amide bonds. The van der Waals surface area contributed by atoms with Gasteiger partial charge in [0.25, 0.3) is 0 Å². The van der Waals surface area contributed by atoms with Gasteiger partial charge in [-0.1, -0.05) is 42.5 Å². The first kappa shape index (κ1) is 16.8. The van der Waals surface area contributed by atoms with E-state index in [1.165, 1.54) is 0 Å². The Morgan fingerprint density at radius 2 is 1.64 bits per heavy atom. The van der Waals surface area contributed by atoms with E-state index in [1.807, 2.05) is 30.3 Å². The summed E-state index contributed by atoms with van der Waals surface area (Å²) in [5.74, 6) is 0.406. The molecule has 2 N–H and O–H groups in total.